The zero-order valence-corrected chi connectivity index (χ0v) is 12.6. The first kappa shape index (κ1) is 17.6. The Bertz CT molecular complexity index is 480. The number of carboxylic acids is 1. The van der Waals surface area contributed by atoms with Gasteiger partial charge in [0.1, 0.15) is 0 Å². The average Bonchev–Trinajstić information content (AvgIpc) is 2.33. The molecule has 21 heavy (non-hydrogen) atoms. The molecular weight excluding hydrogens is 355 g/mol. The smallest absolute Gasteiger partial charge is 0.481 e. The van der Waals surface area contributed by atoms with Crippen LogP contribution in [0, 0.1) is 0 Å². The topological polar surface area (TPSA) is 58.6 Å². The van der Waals surface area contributed by atoms with E-state index in [1.165, 1.54) is 12.1 Å². The van der Waals surface area contributed by atoms with Gasteiger partial charge < -0.3 is 15.2 Å². The van der Waals surface area contributed by atoms with Crippen molar-refractivity contribution in [3.63, 3.8) is 0 Å². The van der Waals surface area contributed by atoms with Crippen LogP contribution in [0.15, 0.2) is 22.7 Å². The molecule has 0 atom stereocenters. The van der Waals surface area contributed by atoms with Gasteiger partial charge in [-0.2, -0.15) is 0 Å². The summed E-state index contributed by atoms with van der Waals surface area (Å²) in [5.41, 5.74) is 0.244. The fourth-order valence-corrected chi connectivity index (χ4v) is 1.99. The van der Waals surface area contributed by atoms with Crippen LogP contribution in [0.3, 0.4) is 0 Å². The summed E-state index contributed by atoms with van der Waals surface area (Å²) in [5, 5.41) is 11.3. The van der Waals surface area contributed by atoms with E-state index in [0.717, 1.165) is 0 Å². The molecule has 2 N–H and O–H groups in total. The SMILES string of the molecule is O=C(O)CCCCCNc1ccc(Br)cc1OC(F)(F)F. The van der Waals surface area contributed by atoms with Gasteiger partial charge in [-0.3, -0.25) is 4.79 Å². The number of carbonyl (C=O) groups is 1. The highest BCUT2D eigenvalue weighted by atomic mass is 79.9. The summed E-state index contributed by atoms with van der Waals surface area (Å²) in [5.74, 6) is -1.15. The van der Waals surface area contributed by atoms with Gasteiger partial charge in [-0.15, -0.1) is 13.2 Å². The highest BCUT2D eigenvalue weighted by molar-refractivity contribution is 9.10. The third-order valence-corrected chi connectivity index (χ3v) is 3.05. The summed E-state index contributed by atoms with van der Waals surface area (Å²) in [6, 6.07) is 4.33. The lowest BCUT2D eigenvalue weighted by atomic mass is 10.2. The molecule has 0 radical (unpaired) electrons. The summed E-state index contributed by atoms with van der Waals surface area (Å²) in [6.07, 6.45) is -2.76. The van der Waals surface area contributed by atoms with Crippen LogP contribution in [0.5, 0.6) is 5.75 Å². The standard InChI is InChI=1S/C13H15BrF3NO3/c14-9-5-6-10(11(8-9)21-13(15,16)17)18-7-3-1-2-4-12(19)20/h5-6,8,18H,1-4,7H2,(H,19,20). The van der Waals surface area contributed by atoms with Crippen molar-refractivity contribution in [3.05, 3.63) is 22.7 Å². The van der Waals surface area contributed by atoms with Gasteiger partial charge in [0.25, 0.3) is 0 Å². The maximum absolute atomic E-state index is 12.3. The molecule has 0 saturated heterocycles. The van der Waals surface area contributed by atoms with E-state index >= 15 is 0 Å². The lowest BCUT2D eigenvalue weighted by Gasteiger charge is -2.15. The molecule has 0 aromatic heterocycles. The van der Waals surface area contributed by atoms with E-state index in [4.69, 9.17) is 5.11 Å². The minimum absolute atomic E-state index is 0.0979. The second-order valence-electron chi connectivity index (χ2n) is 4.32. The molecule has 0 aliphatic rings. The number of anilines is 1. The molecule has 1 aromatic carbocycles. The molecule has 4 nitrogen and oxygen atoms in total. The fraction of sp³-hybridized carbons (Fsp3) is 0.462. The fourth-order valence-electron chi connectivity index (χ4n) is 1.65. The predicted molar refractivity (Wildman–Crippen MR) is 75.4 cm³/mol. The number of carboxylic acid groups (broad SMARTS) is 1. The van der Waals surface area contributed by atoms with E-state index in [9.17, 15) is 18.0 Å². The van der Waals surface area contributed by atoms with Crippen molar-refractivity contribution < 1.29 is 27.8 Å². The Labute approximate surface area is 128 Å². The van der Waals surface area contributed by atoms with E-state index in [1.807, 2.05) is 0 Å². The number of unbranched alkanes of at least 4 members (excludes halogenated alkanes) is 2. The van der Waals surface area contributed by atoms with Gasteiger partial charge in [0, 0.05) is 17.4 Å². The van der Waals surface area contributed by atoms with Crippen molar-refractivity contribution in [1.82, 2.24) is 0 Å². The third-order valence-electron chi connectivity index (χ3n) is 2.55. The number of halogens is 4. The molecular formula is C13H15BrF3NO3. The van der Waals surface area contributed by atoms with Crippen molar-refractivity contribution in [1.29, 1.82) is 0 Å². The molecule has 0 aliphatic carbocycles. The molecule has 0 unspecified atom stereocenters. The molecule has 0 fully saturated rings. The van der Waals surface area contributed by atoms with Crippen LogP contribution in [0.2, 0.25) is 0 Å². The highest BCUT2D eigenvalue weighted by Crippen LogP contribution is 2.32. The first-order valence-electron chi connectivity index (χ1n) is 6.29. The van der Waals surface area contributed by atoms with E-state index < -0.39 is 12.3 Å². The van der Waals surface area contributed by atoms with E-state index in [0.29, 0.717) is 30.3 Å². The molecule has 0 amide bonds. The second-order valence-corrected chi connectivity index (χ2v) is 5.24. The van der Waals surface area contributed by atoms with E-state index in [1.54, 1.807) is 6.07 Å². The molecule has 1 aromatic rings. The Hall–Kier alpha value is -1.44. The zero-order valence-electron chi connectivity index (χ0n) is 11.0. The van der Waals surface area contributed by atoms with Crippen molar-refractivity contribution in [2.24, 2.45) is 0 Å². The number of nitrogens with one attached hydrogen (secondary N) is 1. The lowest BCUT2D eigenvalue weighted by Crippen LogP contribution is -2.18. The van der Waals surface area contributed by atoms with Crippen molar-refractivity contribution in [2.45, 2.75) is 32.0 Å². The minimum atomic E-state index is -4.75. The van der Waals surface area contributed by atoms with Crippen LogP contribution in [-0.4, -0.2) is 24.0 Å². The molecule has 0 aliphatic heterocycles. The van der Waals surface area contributed by atoms with Crippen molar-refractivity contribution in [3.8, 4) is 5.75 Å². The van der Waals surface area contributed by atoms with Crippen LogP contribution >= 0.6 is 15.9 Å². The van der Waals surface area contributed by atoms with Crippen LogP contribution < -0.4 is 10.1 Å². The Balaban J connectivity index is 2.48. The Morgan fingerprint density at radius 2 is 2.00 bits per heavy atom. The Kier molecular flexibility index (Phi) is 6.80. The number of aliphatic carboxylic acids is 1. The number of ether oxygens (including phenoxy) is 1. The van der Waals surface area contributed by atoms with Gasteiger partial charge in [0.05, 0.1) is 5.69 Å². The van der Waals surface area contributed by atoms with Crippen molar-refractivity contribution >= 4 is 27.6 Å². The summed E-state index contributed by atoms with van der Waals surface area (Å²) in [4.78, 5) is 10.3. The maximum atomic E-state index is 12.3. The number of rotatable bonds is 8. The summed E-state index contributed by atoms with van der Waals surface area (Å²) < 4.78 is 41.3. The molecule has 0 bridgehead atoms. The van der Waals surface area contributed by atoms with E-state index in [-0.39, 0.29) is 17.9 Å². The second kappa shape index (κ2) is 8.11. The molecule has 0 spiro atoms. The average molecular weight is 370 g/mol. The first-order chi connectivity index (χ1) is 9.78. The monoisotopic (exact) mass is 369 g/mol. The molecule has 118 valence electrons. The van der Waals surface area contributed by atoms with Crippen LogP contribution in [0.4, 0.5) is 18.9 Å². The lowest BCUT2D eigenvalue weighted by molar-refractivity contribution is -0.274. The van der Waals surface area contributed by atoms with Crippen molar-refractivity contribution in [2.75, 3.05) is 11.9 Å². The number of hydrogen-bond donors (Lipinski definition) is 2. The van der Waals surface area contributed by atoms with Crippen LogP contribution in [0.1, 0.15) is 25.7 Å². The number of benzene rings is 1. The Morgan fingerprint density at radius 3 is 2.62 bits per heavy atom. The van der Waals surface area contributed by atoms with Gasteiger partial charge >= 0.3 is 12.3 Å². The molecule has 0 saturated carbocycles. The van der Waals surface area contributed by atoms with Gasteiger partial charge in [0.15, 0.2) is 5.75 Å². The largest absolute Gasteiger partial charge is 0.573 e. The number of alkyl halides is 3. The quantitative estimate of drug-likeness (QED) is 0.666. The highest BCUT2D eigenvalue weighted by Gasteiger charge is 2.32. The van der Waals surface area contributed by atoms with Gasteiger partial charge in [-0.05, 0) is 31.0 Å². The van der Waals surface area contributed by atoms with E-state index in [2.05, 4.69) is 26.0 Å². The molecule has 1 rings (SSSR count). The summed E-state index contributed by atoms with van der Waals surface area (Å²) in [7, 11) is 0. The third kappa shape index (κ3) is 7.79. The number of hydrogen-bond acceptors (Lipinski definition) is 3. The van der Waals surface area contributed by atoms with Gasteiger partial charge in [-0.25, -0.2) is 0 Å². The summed E-state index contributed by atoms with van der Waals surface area (Å²) >= 11 is 3.09. The molecule has 0 heterocycles. The zero-order chi connectivity index (χ0) is 15.9. The van der Waals surface area contributed by atoms with Gasteiger partial charge in [0.2, 0.25) is 0 Å². The van der Waals surface area contributed by atoms with Crippen LogP contribution in [0.25, 0.3) is 0 Å². The predicted octanol–water partition coefficient (Wildman–Crippen LogP) is 4.40. The first-order valence-corrected chi connectivity index (χ1v) is 7.08. The van der Waals surface area contributed by atoms with Gasteiger partial charge in [-0.1, -0.05) is 22.4 Å². The van der Waals surface area contributed by atoms with Crippen LogP contribution in [-0.2, 0) is 4.79 Å². The maximum Gasteiger partial charge on any atom is 0.573 e. The summed E-state index contributed by atoms with van der Waals surface area (Å²) in [6.45, 7) is 0.440. The minimum Gasteiger partial charge on any atom is -0.481 e. The molecule has 8 heteroatoms. The Morgan fingerprint density at radius 1 is 1.29 bits per heavy atom. The normalized spacial score (nSPS) is 11.2.